The molecule has 1 rings (SSSR count). The number of likely N-dealkylation sites (N-methyl/N-ethyl adjacent to an activating group) is 1. The maximum atomic E-state index is 3.35. The summed E-state index contributed by atoms with van der Waals surface area (Å²) in [5.74, 6) is 0. The predicted octanol–water partition coefficient (Wildman–Crippen LogP) is 1.63. The molecular weight excluding hydrogens is 148 g/mol. The third-order valence-corrected chi connectivity index (χ3v) is 1.84. The van der Waals surface area contributed by atoms with Gasteiger partial charge in [-0.15, -0.1) is 0 Å². The van der Waals surface area contributed by atoms with Crippen LogP contribution in [0.15, 0.2) is 24.3 Å². The molecule has 0 radical (unpaired) electrons. The van der Waals surface area contributed by atoms with Crippen LogP contribution in [0.5, 0.6) is 0 Å². The van der Waals surface area contributed by atoms with Gasteiger partial charge in [0.05, 0.1) is 0 Å². The van der Waals surface area contributed by atoms with E-state index in [4.69, 9.17) is 0 Å². The molecule has 0 unspecified atom stereocenters. The average Bonchev–Trinajstić information content (AvgIpc) is 2.09. The highest BCUT2D eigenvalue weighted by molar-refractivity contribution is 5.50. The van der Waals surface area contributed by atoms with Crippen molar-refractivity contribution in [3.05, 3.63) is 29.8 Å². The zero-order valence-electron chi connectivity index (χ0n) is 7.72. The average molecular weight is 164 g/mol. The molecular formula is C10H16N2. The number of aryl methyl sites for hydroxylation is 1. The number of hydrogen-bond donors (Lipinski definition) is 2. The minimum absolute atomic E-state index is 0.974. The molecule has 0 amide bonds. The summed E-state index contributed by atoms with van der Waals surface area (Å²) in [5.41, 5.74) is 2.53. The molecule has 0 aliphatic heterocycles. The molecule has 0 heterocycles. The van der Waals surface area contributed by atoms with Crippen molar-refractivity contribution >= 4 is 5.69 Å². The van der Waals surface area contributed by atoms with Gasteiger partial charge in [0.1, 0.15) is 0 Å². The Morgan fingerprint density at radius 3 is 2.58 bits per heavy atom. The van der Waals surface area contributed by atoms with Crippen LogP contribution in [0.4, 0.5) is 5.69 Å². The van der Waals surface area contributed by atoms with E-state index in [9.17, 15) is 0 Å². The Bertz CT molecular complexity index is 233. The Morgan fingerprint density at radius 2 is 1.92 bits per heavy atom. The number of anilines is 1. The molecule has 2 N–H and O–H groups in total. The van der Waals surface area contributed by atoms with Crippen molar-refractivity contribution in [2.24, 2.45) is 0 Å². The van der Waals surface area contributed by atoms with Crippen molar-refractivity contribution in [3.63, 3.8) is 0 Å². The third kappa shape index (κ3) is 2.55. The van der Waals surface area contributed by atoms with Crippen molar-refractivity contribution < 1.29 is 0 Å². The van der Waals surface area contributed by atoms with Crippen molar-refractivity contribution in [1.29, 1.82) is 0 Å². The molecule has 0 aliphatic rings. The molecule has 0 aliphatic carbocycles. The summed E-state index contributed by atoms with van der Waals surface area (Å²) in [6.45, 7) is 4.08. The number of hydrogen-bond acceptors (Lipinski definition) is 2. The normalized spacial score (nSPS) is 9.83. The lowest BCUT2D eigenvalue weighted by molar-refractivity contribution is 0.823. The highest BCUT2D eigenvalue weighted by atomic mass is 14.9. The van der Waals surface area contributed by atoms with E-state index in [1.165, 1.54) is 11.3 Å². The van der Waals surface area contributed by atoms with E-state index in [1.54, 1.807) is 0 Å². The van der Waals surface area contributed by atoms with Gasteiger partial charge in [-0.3, -0.25) is 0 Å². The van der Waals surface area contributed by atoms with Gasteiger partial charge in [0.15, 0.2) is 0 Å². The molecule has 1 aromatic carbocycles. The molecule has 1 aromatic rings. The van der Waals surface area contributed by atoms with Crippen molar-refractivity contribution in [1.82, 2.24) is 5.32 Å². The van der Waals surface area contributed by atoms with Crippen molar-refractivity contribution in [3.8, 4) is 0 Å². The molecule has 0 aromatic heterocycles. The minimum atomic E-state index is 0.974. The molecule has 0 atom stereocenters. The summed E-state index contributed by atoms with van der Waals surface area (Å²) in [5, 5.41) is 6.45. The van der Waals surface area contributed by atoms with Crippen LogP contribution in [0.25, 0.3) is 0 Å². The number of para-hydroxylation sites is 1. The fourth-order valence-corrected chi connectivity index (χ4v) is 1.09. The monoisotopic (exact) mass is 164 g/mol. The lowest BCUT2D eigenvalue weighted by atomic mass is 10.2. The van der Waals surface area contributed by atoms with E-state index in [-0.39, 0.29) is 0 Å². The Morgan fingerprint density at radius 1 is 1.17 bits per heavy atom. The van der Waals surface area contributed by atoms with E-state index >= 15 is 0 Å². The summed E-state index contributed by atoms with van der Waals surface area (Å²) in [7, 11) is 1.96. The molecule has 2 nitrogen and oxygen atoms in total. The second kappa shape index (κ2) is 4.78. The van der Waals surface area contributed by atoms with Crippen molar-refractivity contribution in [2.75, 3.05) is 25.5 Å². The van der Waals surface area contributed by atoms with E-state index in [0.717, 1.165) is 13.1 Å². The highest BCUT2D eigenvalue weighted by Crippen LogP contribution is 2.11. The van der Waals surface area contributed by atoms with Crippen LogP contribution >= 0.6 is 0 Å². The molecule has 0 saturated heterocycles. The maximum Gasteiger partial charge on any atom is 0.0370 e. The predicted molar refractivity (Wildman–Crippen MR) is 53.6 cm³/mol. The first-order valence-corrected chi connectivity index (χ1v) is 4.28. The van der Waals surface area contributed by atoms with E-state index in [2.05, 4.69) is 41.8 Å². The van der Waals surface area contributed by atoms with Gasteiger partial charge in [-0.1, -0.05) is 18.2 Å². The maximum absolute atomic E-state index is 3.35. The van der Waals surface area contributed by atoms with Crippen LogP contribution in [-0.4, -0.2) is 20.1 Å². The second-order valence-corrected chi connectivity index (χ2v) is 2.85. The first kappa shape index (κ1) is 9.07. The molecule has 0 fully saturated rings. The zero-order valence-corrected chi connectivity index (χ0v) is 7.72. The van der Waals surface area contributed by atoms with Crippen molar-refractivity contribution in [2.45, 2.75) is 6.92 Å². The Balaban J connectivity index is 2.46. The summed E-state index contributed by atoms with van der Waals surface area (Å²) in [6, 6.07) is 8.32. The molecule has 0 spiro atoms. The van der Waals surface area contributed by atoms with Gasteiger partial charge in [-0.25, -0.2) is 0 Å². The van der Waals surface area contributed by atoms with Gasteiger partial charge in [-0.05, 0) is 25.6 Å². The largest absolute Gasteiger partial charge is 0.384 e. The summed E-state index contributed by atoms with van der Waals surface area (Å²) in [6.07, 6.45) is 0. The first-order chi connectivity index (χ1) is 5.84. The lowest BCUT2D eigenvalue weighted by Gasteiger charge is -2.07. The smallest absolute Gasteiger partial charge is 0.0370 e. The SMILES string of the molecule is CNCCNc1ccccc1C. The zero-order chi connectivity index (χ0) is 8.81. The van der Waals surface area contributed by atoms with Gasteiger partial charge in [0, 0.05) is 18.8 Å². The lowest BCUT2D eigenvalue weighted by Crippen LogP contribution is -2.17. The minimum Gasteiger partial charge on any atom is -0.384 e. The summed E-state index contributed by atoms with van der Waals surface area (Å²) >= 11 is 0. The molecule has 0 bridgehead atoms. The van der Waals surface area contributed by atoms with Gasteiger partial charge < -0.3 is 10.6 Å². The fourth-order valence-electron chi connectivity index (χ4n) is 1.09. The highest BCUT2D eigenvalue weighted by Gasteiger charge is 1.92. The Kier molecular flexibility index (Phi) is 3.61. The van der Waals surface area contributed by atoms with E-state index in [1.807, 2.05) is 7.05 Å². The number of rotatable bonds is 4. The van der Waals surface area contributed by atoms with Gasteiger partial charge in [-0.2, -0.15) is 0 Å². The van der Waals surface area contributed by atoms with Gasteiger partial charge in [0.25, 0.3) is 0 Å². The van der Waals surface area contributed by atoms with Crippen LogP contribution in [-0.2, 0) is 0 Å². The summed E-state index contributed by atoms with van der Waals surface area (Å²) in [4.78, 5) is 0. The van der Waals surface area contributed by atoms with Gasteiger partial charge >= 0.3 is 0 Å². The summed E-state index contributed by atoms with van der Waals surface area (Å²) < 4.78 is 0. The molecule has 12 heavy (non-hydrogen) atoms. The van der Waals surface area contributed by atoms with Crippen LogP contribution in [0.2, 0.25) is 0 Å². The standard InChI is InChI=1S/C10H16N2/c1-9-5-3-4-6-10(9)12-8-7-11-2/h3-6,11-12H,7-8H2,1-2H3. The Hall–Kier alpha value is -1.02. The van der Waals surface area contributed by atoms with E-state index in [0.29, 0.717) is 0 Å². The van der Waals surface area contributed by atoms with E-state index < -0.39 is 0 Å². The quantitative estimate of drug-likeness (QED) is 0.661. The van der Waals surface area contributed by atoms with Crippen LogP contribution in [0.3, 0.4) is 0 Å². The first-order valence-electron chi connectivity index (χ1n) is 4.28. The molecule has 2 heteroatoms. The molecule has 0 saturated carbocycles. The van der Waals surface area contributed by atoms with Crippen LogP contribution < -0.4 is 10.6 Å². The number of benzene rings is 1. The van der Waals surface area contributed by atoms with Crippen LogP contribution in [0.1, 0.15) is 5.56 Å². The second-order valence-electron chi connectivity index (χ2n) is 2.85. The number of nitrogens with one attached hydrogen (secondary N) is 2. The fraction of sp³-hybridized carbons (Fsp3) is 0.400. The van der Waals surface area contributed by atoms with Gasteiger partial charge in [0.2, 0.25) is 0 Å². The van der Waals surface area contributed by atoms with Crippen LogP contribution in [0, 0.1) is 6.92 Å². The molecule has 66 valence electrons. The third-order valence-electron chi connectivity index (χ3n) is 1.84. The Labute approximate surface area is 74.0 Å². The topological polar surface area (TPSA) is 24.1 Å².